The van der Waals surface area contributed by atoms with Crippen LogP contribution < -0.4 is 5.73 Å². The Morgan fingerprint density at radius 2 is 1.92 bits per heavy atom. The largest absolute Gasteiger partial charge is 0.366 e. The number of carbonyl (C=O) groups is 1. The normalized spacial score (nSPS) is 13.0. The summed E-state index contributed by atoms with van der Waals surface area (Å²) in [6.07, 6.45) is 0. The Balaban J connectivity index is 1.83. The molecule has 2 N–H and O–H groups in total. The van der Waals surface area contributed by atoms with Gasteiger partial charge in [0.1, 0.15) is 6.04 Å². The highest BCUT2D eigenvalue weighted by molar-refractivity contribution is 5.93. The van der Waals surface area contributed by atoms with Gasteiger partial charge in [0.2, 0.25) is 11.7 Å². The van der Waals surface area contributed by atoms with Crippen molar-refractivity contribution < 1.29 is 9.32 Å². The van der Waals surface area contributed by atoms with Crippen molar-refractivity contribution in [2.45, 2.75) is 39.2 Å². The van der Waals surface area contributed by atoms with Crippen molar-refractivity contribution >= 4 is 5.91 Å². The summed E-state index contributed by atoms with van der Waals surface area (Å²) in [5.74, 6) is 0.982. The highest BCUT2D eigenvalue weighted by atomic mass is 16.5. The van der Waals surface area contributed by atoms with Crippen LogP contribution >= 0.6 is 0 Å². The van der Waals surface area contributed by atoms with Crippen LogP contribution in [0.1, 0.15) is 55.8 Å². The number of primary amides is 1. The number of hydrogen-bond acceptors (Lipinski definition) is 7. The molecule has 3 aromatic rings. The van der Waals surface area contributed by atoms with E-state index in [1.165, 1.54) is 4.80 Å². The Morgan fingerprint density at radius 1 is 1.24 bits per heavy atom. The molecule has 0 unspecified atom stereocenters. The van der Waals surface area contributed by atoms with Crippen molar-refractivity contribution in [3.05, 3.63) is 41.5 Å². The lowest BCUT2D eigenvalue weighted by molar-refractivity contribution is 0.100. The van der Waals surface area contributed by atoms with Crippen molar-refractivity contribution in [1.29, 1.82) is 0 Å². The van der Waals surface area contributed by atoms with E-state index in [4.69, 9.17) is 10.3 Å². The molecule has 9 heteroatoms. The fraction of sp³-hybridized carbons (Fsp3) is 0.375. The molecule has 0 bridgehead atoms. The highest BCUT2D eigenvalue weighted by Crippen LogP contribution is 2.22. The minimum atomic E-state index is -0.483. The first-order valence-electron chi connectivity index (χ1n) is 7.79. The van der Waals surface area contributed by atoms with Crippen LogP contribution in [0.3, 0.4) is 0 Å². The summed E-state index contributed by atoms with van der Waals surface area (Å²) < 4.78 is 5.32. The first-order chi connectivity index (χ1) is 11.8. The van der Waals surface area contributed by atoms with E-state index in [0.29, 0.717) is 23.1 Å². The van der Waals surface area contributed by atoms with E-state index in [0.717, 1.165) is 5.56 Å². The molecule has 1 aromatic carbocycles. The maximum atomic E-state index is 11.1. The Kier molecular flexibility index (Phi) is 4.07. The standard InChI is InChI=1S/C16H19N7O2/c1-9(14-18-15(21-25-14)16(2,3)4)23-20-13(19-22-23)11-7-5-10(6-8-11)12(17)24/h5-9H,1-4H3,(H2,17,24)/t9-/m1/s1. The van der Waals surface area contributed by atoms with Gasteiger partial charge in [-0.15, -0.1) is 10.2 Å². The number of carbonyl (C=O) groups excluding carboxylic acids is 1. The SMILES string of the molecule is C[C@H](c1nc(C(C)(C)C)no1)n1nnc(-c2ccc(C(N)=O)cc2)n1. The van der Waals surface area contributed by atoms with Gasteiger partial charge in [0, 0.05) is 16.5 Å². The molecule has 1 amide bonds. The lowest BCUT2D eigenvalue weighted by Crippen LogP contribution is -2.15. The minimum absolute atomic E-state index is 0.204. The summed E-state index contributed by atoms with van der Waals surface area (Å²) in [5.41, 5.74) is 6.18. The van der Waals surface area contributed by atoms with Crippen LogP contribution in [-0.4, -0.2) is 36.3 Å². The van der Waals surface area contributed by atoms with Crippen molar-refractivity contribution in [2.75, 3.05) is 0 Å². The summed E-state index contributed by atoms with van der Waals surface area (Å²) in [5, 5.41) is 16.5. The minimum Gasteiger partial charge on any atom is -0.366 e. The fourth-order valence-corrected chi connectivity index (χ4v) is 2.10. The molecule has 0 saturated carbocycles. The number of benzene rings is 1. The van der Waals surface area contributed by atoms with Crippen LogP contribution in [0.2, 0.25) is 0 Å². The Hall–Kier alpha value is -3.10. The van der Waals surface area contributed by atoms with Crippen LogP contribution in [0.15, 0.2) is 28.8 Å². The van der Waals surface area contributed by atoms with Crippen LogP contribution in [0.5, 0.6) is 0 Å². The first kappa shape index (κ1) is 16.7. The third kappa shape index (κ3) is 3.39. The number of nitrogens with two attached hydrogens (primary N) is 1. The molecule has 130 valence electrons. The van der Waals surface area contributed by atoms with Gasteiger partial charge in [-0.1, -0.05) is 38.1 Å². The molecule has 0 spiro atoms. The van der Waals surface area contributed by atoms with E-state index in [-0.39, 0.29) is 11.5 Å². The quantitative estimate of drug-likeness (QED) is 0.765. The molecule has 0 aliphatic carbocycles. The molecule has 2 heterocycles. The van der Waals surface area contributed by atoms with Gasteiger partial charge < -0.3 is 10.3 Å². The number of nitrogens with zero attached hydrogens (tertiary/aromatic N) is 6. The maximum absolute atomic E-state index is 11.1. The predicted octanol–water partition coefficient (Wildman–Crippen LogP) is 1.73. The molecule has 25 heavy (non-hydrogen) atoms. The number of rotatable bonds is 4. The molecule has 0 saturated heterocycles. The summed E-state index contributed by atoms with van der Waals surface area (Å²) in [6.45, 7) is 7.87. The number of hydrogen-bond donors (Lipinski definition) is 1. The monoisotopic (exact) mass is 341 g/mol. The lowest BCUT2D eigenvalue weighted by Gasteiger charge is -2.11. The molecule has 0 fully saturated rings. The molecule has 2 aromatic heterocycles. The maximum Gasteiger partial charge on any atom is 0.253 e. The Bertz CT molecular complexity index is 890. The van der Waals surface area contributed by atoms with Gasteiger partial charge >= 0.3 is 0 Å². The van der Waals surface area contributed by atoms with E-state index in [1.54, 1.807) is 24.3 Å². The average Bonchev–Trinajstić information content (AvgIpc) is 3.23. The molecule has 1 atom stereocenters. The van der Waals surface area contributed by atoms with E-state index in [2.05, 4.69) is 25.6 Å². The number of amides is 1. The van der Waals surface area contributed by atoms with Crippen LogP contribution in [-0.2, 0) is 5.41 Å². The molecule has 0 aliphatic rings. The van der Waals surface area contributed by atoms with Gasteiger partial charge in [0.15, 0.2) is 5.82 Å². The third-order valence-corrected chi connectivity index (χ3v) is 3.67. The lowest BCUT2D eigenvalue weighted by atomic mass is 9.96. The number of tetrazole rings is 1. The van der Waals surface area contributed by atoms with Gasteiger partial charge in [-0.05, 0) is 24.3 Å². The molecule has 0 aliphatic heterocycles. The van der Waals surface area contributed by atoms with E-state index < -0.39 is 5.91 Å². The highest BCUT2D eigenvalue weighted by Gasteiger charge is 2.25. The second-order valence-corrected chi connectivity index (χ2v) is 6.76. The zero-order chi connectivity index (χ0) is 18.2. The summed E-state index contributed by atoms with van der Waals surface area (Å²) in [7, 11) is 0. The van der Waals surface area contributed by atoms with Crippen LogP contribution in [0.4, 0.5) is 0 Å². The molecule has 9 nitrogen and oxygen atoms in total. The van der Waals surface area contributed by atoms with Crippen molar-refractivity contribution in [2.24, 2.45) is 5.73 Å². The Morgan fingerprint density at radius 3 is 2.48 bits per heavy atom. The second-order valence-electron chi connectivity index (χ2n) is 6.76. The smallest absolute Gasteiger partial charge is 0.253 e. The zero-order valence-electron chi connectivity index (χ0n) is 14.5. The topological polar surface area (TPSA) is 126 Å². The molecule has 0 radical (unpaired) electrons. The fourth-order valence-electron chi connectivity index (χ4n) is 2.10. The summed E-state index contributed by atoms with van der Waals surface area (Å²) >= 11 is 0. The molecular weight excluding hydrogens is 322 g/mol. The summed E-state index contributed by atoms with van der Waals surface area (Å²) in [4.78, 5) is 16.9. The molecular formula is C16H19N7O2. The van der Waals surface area contributed by atoms with Crippen molar-refractivity contribution in [3.63, 3.8) is 0 Å². The van der Waals surface area contributed by atoms with Crippen LogP contribution in [0, 0.1) is 0 Å². The van der Waals surface area contributed by atoms with Crippen LogP contribution in [0.25, 0.3) is 11.4 Å². The van der Waals surface area contributed by atoms with Gasteiger partial charge in [-0.25, -0.2) is 0 Å². The first-order valence-corrected chi connectivity index (χ1v) is 7.79. The number of aromatic nitrogens is 6. The van der Waals surface area contributed by atoms with Gasteiger partial charge in [-0.3, -0.25) is 4.79 Å². The van der Waals surface area contributed by atoms with E-state index >= 15 is 0 Å². The van der Waals surface area contributed by atoms with E-state index in [1.807, 2.05) is 27.7 Å². The second kappa shape index (κ2) is 6.08. The Labute approximate surface area is 144 Å². The van der Waals surface area contributed by atoms with Gasteiger partial charge in [0.25, 0.3) is 5.89 Å². The summed E-state index contributed by atoms with van der Waals surface area (Å²) in [6, 6.07) is 6.33. The predicted molar refractivity (Wildman–Crippen MR) is 88.6 cm³/mol. The average molecular weight is 341 g/mol. The van der Waals surface area contributed by atoms with Crippen molar-refractivity contribution in [3.8, 4) is 11.4 Å². The van der Waals surface area contributed by atoms with Gasteiger partial charge in [0.05, 0.1) is 0 Å². The zero-order valence-corrected chi connectivity index (χ0v) is 14.5. The van der Waals surface area contributed by atoms with Gasteiger partial charge in [-0.2, -0.15) is 9.78 Å². The van der Waals surface area contributed by atoms with E-state index in [9.17, 15) is 4.79 Å². The third-order valence-electron chi connectivity index (χ3n) is 3.67. The molecule has 3 rings (SSSR count). The van der Waals surface area contributed by atoms with Crippen molar-refractivity contribution in [1.82, 2.24) is 30.3 Å².